The number of para-hydroxylation sites is 2. The summed E-state index contributed by atoms with van der Waals surface area (Å²) in [5.74, 6) is -0.385. The van der Waals surface area contributed by atoms with Crippen molar-refractivity contribution in [2.45, 2.75) is 12.6 Å². The number of anilines is 1. The highest BCUT2D eigenvalue weighted by Crippen LogP contribution is 2.34. The SMILES string of the molecule is O=C(NCc1ccccc1)[C@H]1CN(C(=O)c2cc(-c3ccc(F)cc3)on2)c2ccccc2O1. The van der Waals surface area contributed by atoms with Crippen molar-refractivity contribution >= 4 is 17.5 Å². The third-order valence-corrected chi connectivity index (χ3v) is 5.48. The van der Waals surface area contributed by atoms with Gasteiger partial charge in [-0.05, 0) is 42.0 Å². The molecule has 4 aromatic rings. The summed E-state index contributed by atoms with van der Waals surface area (Å²) in [5, 5.41) is 6.77. The van der Waals surface area contributed by atoms with Crippen molar-refractivity contribution in [3.8, 4) is 17.1 Å². The highest BCUT2D eigenvalue weighted by Gasteiger charge is 2.35. The second-order valence-corrected chi connectivity index (χ2v) is 7.78. The number of hydrogen-bond donors (Lipinski definition) is 1. The summed E-state index contributed by atoms with van der Waals surface area (Å²) in [7, 11) is 0. The van der Waals surface area contributed by atoms with Crippen LogP contribution in [0.25, 0.3) is 11.3 Å². The minimum absolute atomic E-state index is 0.00914. The first-order chi connectivity index (χ1) is 16.6. The largest absolute Gasteiger partial charge is 0.477 e. The maximum absolute atomic E-state index is 13.4. The van der Waals surface area contributed by atoms with Crippen LogP contribution in [-0.4, -0.2) is 29.6 Å². The van der Waals surface area contributed by atoms with E-state index < -0.39 is 12.0 Å². The van der Waals surface area contributed by atoms with Crippen molar-refractivity contribution < 1.29 is 23.2 Å². The van der Waals surface area contributed by atoms with Gasteiger partial charge < -0.3 is 14.6 Å². The van der Waals surface area contributed by atoms with Gasteiger partial charge in [0.25, 0.3) is 11.8 Å². The van der Waals surface area contributed by atoms with Crippen LogP contribution in [0.1, 0.15) is 16.1 Å². The standard InChI is InChI=1S/C26H20FN3O4/c27-19-12-10-18(11-13-19)23-14-20(29-34-23)26(32)30-16-24(33-22-9-5-4-8-21(22)30)25(31)28-15-17-6-2-1-3-7-17/h1-14,24H,15-16H2,(H,28,31)/t24-/m1/s1. The molecular weight excluding hydrogens is 437 g/mol. The fourth-order valence-corrected chi connectivity index (χ4v) is 3.73. The molecule has 1 N–H and O–H groups in total. The molecule has 0 spiro atoms. The molecule has 3 aromatic carbocycles. The summed E-state index contributed by atoms with van der Waals surface area (Å²) in [6.45, 7) is 0.356. The predicted molar refractivity (Wildman–Crippen MR) is 123 cm³/mol. The van der Waals surface area contributed by atoms with Gasteiger partial charge in [-0.3, -0.25) is 14.5 Å². The van der Waals surface area contributed by atoms with Gasteiger partial charge in [0.05, 0.1) is 12.2 Å². The van der Waals surface area contributed by atoms with Gasteiger partial charge in [0, 0.05) is 18.2 Å². The molecule has 7 nitrogen and oxygen atoms in total. The topological polar surface area (TPSA) is 84.7 Å². The molecule has 34 heavy (non-hydrogen) atoms. The molecule has 0 unspecified atom stereocenters. The maximum Gasteiger partial charge on any atom is 0.280 e. The molecule has 2 heterocycles. The van der Waals surface area contributed by atoms with E-state index in [-0.39, 0.29) is 24.0 Å². The molecule has 0 radical (unpaired) electrons. The molecule has 0 aliphatic carbocycles. The summed E-state index contributed by atoms with van der Waals surface area (Å²) >= 11 is 0. The Bertz CT molecular complexity index is 1320. The minimum atomic E-state index is -0.897. The smallest absolute Gasteiger partial charge is 0.280 e. The summed E-state index contributed by atoms with van der Waals surface area (Å²) in [4.78, 5) is 27.7. The lowest BCUT2D eigenvalue weighted by Crippen LogP contribution is -2.50. The van der Waals surface area contributed by atoms with Crippen LogP contribution < -0.4 is 15.0 Å². The second kappa shape index (κ2) is 9.19. The molecule has 1 aliphatic heterocycles. The van der Waals surface area contributed by atoms with Gasteiger partial charge in [-0.2, -0.15) is 0 Å². The van der Waals surface area contributed by atoms with Crippen LogP contribution in [0.5, 0.6) is 5.75 Å². The molecule has 8 heteroatoms. The number of nitrogens with one attached hydrogen (secondary N) is 1. The molecular formula is C26H20FN3O4. The average Bonchev–Trinajstić information content (AvgIpc) is 3.37. The Morgan fingerprint density at radius 3 is 2.53 bits per heavy atom. The molecule has 5 rings (SSSR count). The predicted octanol–water partition coefficient (Wildman–Crippen LogP) is 4.20. The van der Waals surface area contributed by atoms with Gasteiger partial charge in [-0.25, -0.2) is 4.39 Å². The lowest BCUT2D eigenvalue weighted by Gasteiger charge is -2.33. The third-order valence-electron chi connectivity index (χ3n) is 5.48. The van der Waals surface area contributed by atoms with Crippen molar-refractivity contribution in [3.05, 3.63) is 102 Å². The van der Waals surface area contributed by atoms with E-state index in [0.29, 0.717) is 29.3 Å². The first kappa shape index (κ1) is 21.4. The van der Waals surface area contributed by atoms with Gasteiger partial charge in [0.2, 0.25) is 0 Å². The molecule has 1 aromatic heterocycles. The van der Waals surface area contributed by atoms with Crippen molar-refractivity contribution in [2.24, 2.45) is 0 Å². The van der Waals surface area contributed by atoms with Gasteiger partial charge in [0.15, 0.2) is 17.6 Å². The zero-order chi connectivity index (χ0) is 23.5. The summed E-state index contributed by atoms with van der Waals surface area (Å²) in [5.41, 5.74) is 2.15. The number of ether oxygens (including phenoxy) is 1. The summed E-state index contributed by atoms with van der Waals surface area (Å²) in [6.07, 6.45) is -0.897. The second-order valence-electron chi connectivity index (χ2n) is 7.78. The molecule has 0 saturated heterocycles. The van der Waals surface area contributed by atoms with Crippen molar-refractivity contribution in [1.82, 2.24) is 10.5 Å². The Morgan fingerprint density at radius 2 is 1.74 bits per heavy atom. The number of halogens is 1. The van der Waals surface area contributed by atoms with E-state index in [4.69, 9.17) is 9.26 Å². The number of aromatic nitrogens is 1. The first-order valence-corrected chi connectivity index (χ1v) is 10.7. The van der Waals surface area contributed by atoms with Gasteiger partial charge in [-0.1, -0.05) is 47.6 Å². The first-order valence-electron chi connectivity index (χ1n) is 10.7. The van der Waals surface area contributed by atoms with Crippen LogP contribution in [0, 0.1) is 5.82 Å². The summed E-state index contributed by atoms with van der Waals surface area (Å²) < 4.78 is 24.4. The Kier molecular flexibility index (Phi) is 5.78. The number of hydrogen-bond acceptors (Lipinski definition) is 5. The van der Waals surface area contributed by atoms with Crippen molar-refractivity contribution in [3.63, 3.8) is 0 Å². The quantitative estimate of drug-likeness (QED) is 0.486. The summed E-state index contributed by atoms with van der Waals surface area (Å²) in [6, 6.07) is 23.7. The van der Waals surface area contributed by atoms with Crippen molar-refractivity contribution in [1.29, 1.82) is 0 Å². The lowest BCUT2D eigenvalue weighted by atomic mass is 10.1. The number of carbonyl (C=O) groups is 2. The van der Waals surface area contributed by atoms with Gasteiger partial charge in [-0.15, -0.1) is 0 Å². The number of amides is 2. The number of carbonyl (C=O) groups excluding carboxylic acids is 2. The highest BCUT2D eigenvalue weighted by atomic mass is 19.1. The Labute approximate surface area is 194 Å². The van der Waals surface area contributed by atoms with E-state index in [0.717, 1.165) is 5.56 Å². The number of rotatable bonds is 5. The zero-order valence-electron chi connectivity index (χ0n) is 18.0. The van der Waals surface area contributed by atoms with Gasteiger partial charge in [0.1, 0.15) is 11.6 Å². The molecule has 0 bridgehead atoms. The maximum atomic E-state index is 13.4. The Balaban J connectivity index is 1.36. The lowest BCUT2D eigenvalue weighted by molar-refractivity contribution is -0.127. The van der Waals surface area contributed by atoms with E-state index in [1.807, 2.05) is 30.3 Å². The highest BCUT2D eigenvalue weighted by molar-refractivity contribution is 6.07. The normalized spacial score (nSPS) is 14.7. The van der Waals surface area contributed by atoms with Crippen LogP contribution >= 0.6 is 0 Å². The number of fused-ring (bicyclic) bond motifs is 1. The van der Waals surface area contributed by atoms with Crippen LogP contribution in [0.15, 0.2) is 89.5 Å². The Hall–Kier alpha value is -4.46. The fourth-order valence-electron chi connectivity index (χ4n) is 3.73. The molecule has 0 fully saturated rings. The molecule has 170 valence electrons. The van der Waals surface area contributed by atoms with E-state index in [1.165, 1.54) is 23.1 Å². The molecule has 0 saturated carbocycles. The van der Waals surface area contributed by atoms with Crippen molar-refractivity contribution in [2.75, 3.05) is 11.4 Å². The van der Waals surface area contributed by atoms with Crippen LogP contribution in [0.3, 0.4) is 0 Å². The van der Waals surface area contributed by atoms with E-state index in [9.17, 15) is 14.0 Å². The average molecular weight is 457 g/mol. The van der Waals surface area contributed by atoms with E-state index in [2.05, 4.69) is 10.5 Å². The fraction of sp³-hybridized carbons (Fsp3) is 0.115. The van der Waals surface area contributed by atoms with E-state index in [1.54, 1.807) is 36.4 Å². The number of benzene rings is 3. The Morgan fingerprint density at radius 1 is 1.00 bits per heavy atom. The zero-order valence-corrected chi connectivity index (χ0v) is 18.0. The van der Waals surface area contributed by atoms with Crippen LogP contribution in [-0.2, 0) is 11.3 Å². The van der Waals surface area contributed by atoms with E-state index >= 15 is 0 Å². The molecule has 1 aliphatic rings. The van der Waals surface area contributed by atoms with Gasteiger partial charge >= 0.3 is 0 Å². The monoisotopic (exact) mass is 457 g/mol. The number of nitrogens with zero attached hydrogens (tertiary/aromatic N) is 2. The third kappa shape index (κ3) is 4.38. The van der Waals surface area contributed by atoms with Crippen LogP contribution in [0.4, 0.5) is 10.1 Å². The molecule has 2 amide bonds. The molecule has 1 atom stereocenters. The van der Waals surface area contributed by atoms with Crippen LogP contribution in [0.2, 0.25) is 0 Å². The minimum Gasteiger partial charge on any atom is -0.477 e.